The molecule has 0 aliphatic carbocycles. The number of alkyl halides is 2. The maximum Gasteiger partial charge on any atom is 0.248 e. The van der Waals surface area contributed by atoms with Crippen LogP contribution < -0.4 is 10.5 Å². The van der Waals surface area contributed by atoms with Gasteiger partial charge in [-0.25, -0.2) is 8.78 Å². The van der Waals surface area contributed by atoms with E-state index in [1.807, 2.05) is 13.0 Å². The summed E-state index contributed by atoms with van der Waals surface area (Å²) in [4.78, 5) is 19.8. The van der Waals surface area contributed by atoms with E-state index in [0.29, 0.717) is 34.7 Å². The molecule has 2 N–H and O–H groups in total. The standard InChI is InChI=1S/C21H19F2N3O2/c1-2-14-9-15(3-4-18(14)21(24)27)19-10-16(5-6-26-19)28-17-7-13(8-20(22)23)11-25-12-17/h3-7,9-12,20H,2,8H2,1H3,(H2,24,27). The van der Waals surface area contributed by atoms with E-state index in [1.54, 1.807) is 30.5 Å². The van der Waals surface area contributed by atoms with E-state index >= 15 is 0 Å². The lowest BCUT2D eigenvalue weighted by atomic mass is 9.99. The fraction of sp³-hybridized carbons (Fsp3) is 0.190. The number of amides is 1. The normalized spacial score (nSPS) is 10.9. The number of halogens is 2. The number of carbonyl (C=O) groups excluding carboxylic acids is 1. The molecular formula is C21H19F2N3O2. The Balaban J connectivity index is 1.86. The molecule has 1 amide bonds. The van der Waals surface area contributed by atoms with Gasteiger partial charge in [-0.2, -0.15) is 0 Å². The first-order valence-electron chi connectivity index (χ1n) is 8.75. The zero-order valence-electron chi connectivity index (χ0n) is 15.2. The van der Waals surface area contributed by atoms with Crippen molar-refractivity contribution in [2.45, 2.75) is 26.2 Å². The van der Waals surface area contributed by atoms with E-state index in [-0.39, 0.29) is 6.42 Å². The van der Waals surface area contributed by atoms with Gasteiger partial charge in [0.25, 0.3) is 0 Å². The summed E-state index contributed by atoms with van der Waals surface area (Å²) in [7, 11) is 0. The quantitative estimate of drug-likeness (QED) is 0.656. The van der Waals surface area contributed by atoms with Crippen molar-refractivity contribution in [3.8, 4) is 22.8 Å². The minimum absolute atomic E-state index is 0.369. The first kappa shape index (κ1) is 19.4. The molecule has 0 aliphatic heterocycles. The molecule has 0 saturated carbocycles. The number of carbonyl (C=O) groups is 1. The highest BCUT2D eigenvalue weighted by Gasteiger charge is 2.11. The monoisotopic (exact) mass is 383 g/mol. The molecule has 0 unspecified atom stereocenters. The van der Waals surface area contributed by atoms with Gasteiger partial charge in [-0.3, -0.25) is 14.8 Å². The van der Waals surface area contributed by atoms with Crippen LogP contribution >= 0.6 is 0 Å². The minimum Gasteiger partial charge on any atom is -0.456 e. The molecule has 2 heterocycles. The predicted octanol–water partition coefficient (Wildman–Crippen LogP) is 4.40. The fourth-order valence-corrected chi connectivity index (χ4v) is 2.86. The SMILES string of the molecule is CCc1cc(-c2cc(Oc3cncc(CC(F)F)c3)ccn2)ccc1C(N)=O. The third-order valence-electron chi connectivity index (χ3n) is 4.17. The minimum atomic E-state index is -2.44. The van der Waals surface area contributed by atoms with Crippen molar-refractivity contribution < 1.29 is 18.3 Å². The van der Waals surface area contributed by atoms with Crippen molar-refractivity contribution in [2.75, 3.05) is 0 Å². The van der Waals surface area contributed by atoms with E-state index < -0.39 is 12.3 Å². The molecule has 0 spiro atoms. The number of rotatable bonds is 7. The highest BCUT2D eigenvalue weighted by atomic mass is 19.3. The highest BCUT2D eigenvalue weighted by Crippen LogP contribution is 2.27. The molecule has 5 nitrogen and oxygen atoms in total. The molecule has 7 heteroatoms. The van der Waals surface area contributed by atoms with E-state index in [9.17, 15) is 13.6 Å². The highest BCUT2D eigenvalue weighted by molar-refractivity contribution is 5.95. The van der Waals surface area contributed by atoms with Crippen LogP contribution in [0.5, 0.6) is 11.5 Å². The second kappa shape index (κ2) is 8.56. The molecule has 0 saturated heterocycles. The van der Waals surface area contributed by atoms with Crippen LogP contribution in [0.3, 0.4) is 0 Å². The Labute approximate surface area is 161 Å². The van der Waals surface area contributed by atoms with Crippen molar-refractivity contribution >= 4 is 5.91 Å². The Morgan fingerprint density at radius 2 is 1.96 bits per heavy atom. The maximum atomic E-state index is 12.6. The molecule has 0 radical (unpaired) electrons. The average molecular weight is 383 g/mol. The van der Waals surface area contributed by atoms with Gasteiger partial charge >= 0.3 is 0 Å². The second-order valence-electron chi connectivity index (χ2n) is 6.19. The molecule has 3 aromatic rings. The van der Waals surface area contributed by atoms with Gasteiger partial charge in [0, 0.05) is 36.0 Å². The Morgan fingerprint density at radius 3 is 2.68 bits per heavy atom. The van der Waals surface area contributed by atoms with Crippen LogP contribution in [-0.4, -0.2) is 22.3 Å². The van der Waals surface area contributed by atoms with Crippen LogP contribution in [0.25, 0.3) is 11.3 Å². The third kappa shape index (κ3) is 4.68. The van der Waals surface area contributed by atoms with Crippen LogP contribution in [0.15, 0.2) is 55.0 Å². The number of aryl methyl sites for hydroxylation is 1. The van der Waals surface area contributed by atoms with Gasteiger partial charge < -0.3 is 10.5 Å². The third-order valence-corrected chi connectivity index (χ3v) is 4.17. The topological polar surface area (TPSA) is 78.1 Å². The van der Waals surface area contributed by atoms with Crippen LogP contribution in [-0.2, 0) is 12.8 Å². The molecule has 0 fully saturated rings. The van der Waals surface area contributed by atoms with Gasteiger partial charge in [0.1, 0.15) is 11.5 Å². The van der Waals surface area contributed by atoms with Crippen molar-refractivity contribution in [2.24, 2.45) is 5.73 Å². The smallest absolute Gasteiger partial charge is 0.248 e. The van der Waals surface area contributed by atoms with E-state index in [2.05, 4.69) is 9.97 Å². The molecule has 0 bridgehead atoms. The summed E-state index contributed by atoms with van der Waals surface area (Å²) < 4.78 is 30.9. The number of nitrogens with zero attached hydrogens (tertiary/aromatic N) is 2. The Bertz CT molecular complexity index is 993. The van der Waals surface area contributed by atoms with Crippen molar-refractivity contribution in [3.05, 3.63) is 71.7 Å². The number of primary amides is 1. The van der Waals surface area contributed by atoms with Crippen LogP contribution in [0.4, 0.5) is 8.78 Å². The van der Waals surface area contributed by atoms with Crippen LogP contribution in [0.2, 0.25) is 0 Å². The van der Waals surface area contributed by atoms with Gasteiger partial charge in [-0.15, -0.1) is 0 Å². The fourth-order valence-electron chi connectivity index (χ4n) is 2.86. The number of aromatic nitrogens is 2. The van der Waals surface area contributed by atoms with Gasteiger partial charge in [-0.05, 0) is 41.8 Å². The van der Waals surface area contributed by atoms with E-state index in [0.717, 1.165) is 11.1 Å². The van der Waals surface area contributed by atoms with Crippen molar-refractivity contribution in [3.63, 3.8) is 0 Å². The van der Waals surface area contributed by atoms with Crippen LogP contribution in [0, 0.1) is 0 Å². The summed E-state index contributed by atoms with van der Waals surface area (Å²) in [6.07, 6.45) is 2.29. The molecular weight excluding hydrogens is 364 g/mol. The second-order valence-corrected chi connectivity index (χ2v) is 6.19. The van der Waals surface area contributed by atoms with Gasteiger partial charge in [0.05, 0.1) is 11.9 Å². The van der Waals surface area contributed by atoms with E-state index in [1.165, 1.54) is 18.5 Å². The summed E-state index contributed by atoms with van der Waals surface area (Å²) in [5.41, 5.74) is 8.59. The molecule has 0 atom stereocenters. The first-order chi connectivity index (χ1) is 13.5. The molecule has 28 heavy (non-hydrogen) atoms. The molecule has 3 rings (SSSR count). The summed E-state index contributed by atoms with van der Waals surface area (Å²) in [6.45, 7) is 1.94. The maximum absolute atomic E-state index is 12.6. The van der Waals surface area contributed by atoms with Crippen LogP contribution in [0.1, 0.15) is 28.4 Å². The summed E-state index contributed by atoms with van der Waals surface area (Å²) in [5, 5.41) is 0. The number of pyridine rings is 2. The van der Waals surface area contributed by atoms with Crippen molar-refractivity contribution in [1.82, 2.24) is 9.97 Å². The Morgan fingerprint density at radius 1 is 1.14 bits per heavy atom. The molecule has 0 aliphatic rings. The Kier molecular flexibility index (Phi) is 5.93. The first-order valence-corrected chi connectivity index (χ1v) is 8.75. The zero-order chi connectivity index (χ0) is 20.1. The predicted molar refractivity (Wildman–Crippen MR) is 102 cm³/mol. The molecule has 144 valence electrons. The average Bonchev–Trinajstić information content (AvgIpc) is 2.67. The van der Waals surface area contributed by atoms with Gasteiger partial charge in [0.2, 0.25) is 12.3 Å². The zero-order valence-corrected chi connectivity index (χ0v) is 15.2. The van der Waals surface area contributed by atoms with Gasteiger partial charge in [-0.1, -0.05) is 13.0 Å². The summed E-state index contributed by atoms with van der Waals surface area (Å²) >= 11 is 0. The van der Waals surface area contributed by atoms with Gasteiger partial charge in [0.15, 0.2) is 0 Å². The lowest BCUT2D eigenvalue weighted by Gasteiger charge is -2.10. The number of benzene rings is 1. The number of hydrogen-bond donors (Lipinski definition) is 1. The summed E-state index contributed by atoms with van der Waals surface area (Å²) in [6, 6.07) is 10.3. The van der Waals surface area contributed by atoms with E-state index in [4.69, 9.17) is 10.5 Å². The molecule has 1 aromatic carbocycles. The number of ether oxygens (including phenoxy) is 1. The lowest BCUT2D eigenvalue weighted by molar-refractivity contribution is 0.0999. The summed E-state index contributed by atoms with van der Waals surface area (Å²) in [5.74, 6) is 0.399. The number of hydrogen-bond acceptors (Lipinski definition) is 4. The Hall–Kier alpha value is -3.35. The number of nitrogens with two attached hydrogens (primary N) is 1. The van der Waals surface area contributed by atoms with Crippen molar-refractivity contribution in [1.29, 1.82) is 0 Å². The molecule has 2 aromatic heterocycles. The lowest BCUT2D eigenvalue weighted by Crippen LogP contribution is -2.13. The largest absolute Gasteiger partial charge is 0.456 e.